The number of aliphatic hydroxyl groups excluding tert-OH is 1. The number of carbonyl (C=O) groups is 4. The molecule has 534 valence electrons. The van der Waals surface area contributed by atoms with Crippen LogP contribution in [0.3, 0.4) is 0 Å². The van der Waals surface area contributed by atoms with Crippen molar-refractivity contribution < 1.29 is 80.2 Å². The molecule has 0 heterocycles. The summed E-state index contributed by atoms with van der Waals surface area (Å²) >= 11 is 0. The highest BCUT2D eigenvalue weighted by Gasteiger charge is 2.30. The molecule has 0 amide bonds. The Bertz CT molecular complexity index is 1770. The van der Waals surface area contributed by atoms with Crippen molar-refractivity contribution in [3.05, 3.63) is 0 Å². The van der Waals surface area contributed by atoms with E-state index in [1.807, 2.05) is 0 Å². The van der Waals surface area contributed by atoms with Crippen LogP contribution in [0.25, 0.3) is 0 Å². The van der Waals surface area contributed by atoms with Crippen molar-refractivity contribution in [3.63, 3.8) is 0 Å². The van der Waals surface area contributed by atoms with E-state index in [4.69, 9.17) is 37.0 Å². The predicted molar refractivity (Wildman–Crippen MR) is 363 cm³/mol. The minimum Gasteiger partial charge on any atom is -0.462 e. The summed E-state index contributed by atoms with van der Waals surface area (Å²) in [5.74, 6) is 0.227. The number of hydrogen-bond donors (Lipinski definition) is 3. The lowest BCUT2D eigenvalue weighted by Crippen LogP contribution is -2.30. The zero-order valence-corrected chi connectivity index (χ0v) is 60.4. The smallest absolute Gasteiger partial charge is 0.462 e. The molecule has 4 unspecified atom stereocenters. The van der Waals surface area contributed by atoms with Crippen LogP contribution in [-0.2, 0) is 65.4 Å². The van der Waals surface area contributed by atoms with Crippen LogP contribution >= 0.6 is 15.6 Å². The first-order valence-corrected chi connectivity index (χ1v) is 39.9. The van der Waals surface area contributed by atoms with E-state index in [9.17, 15) is 43.2 Å². The van der Waals surface area contributed by atoms with E-state index in [-0.39, 0.29) is 25.7 Å². The van der Waals surface area contributed by atoms with Gasteiger partial charge in [-0.05, 0) is 43.4 Å². The van der Waals surface area contributed by atoms with E-state index >= 15 is 0 Å². The third kappa shape index (κ3) is 62.2. The number of phosphoric acid groups is 2. The molecule has 0 bridgehead atoms. The van der Waals surface area contributed by atoms with Crippen LogP contribution in [0.5, 0.6) is 0 Å². The maximum Gasteiger partial charge on any atom is 0.472 e. The standard InChI is InChI=1S/C71H138O17P2/c1-8-11-12-35-45-52-68(73)81-58-66(88-71(76)55-48-41-34-33-38-44-51-64(7)10-3)60-85-89(77,78)83-56-65(72)57-84-90(79,80)86-61-67(59-82-69(74)53-46-39-31-27-23-19-15-13-17-21-25-29-36-42-49-62(4)5)87-70(75)54-47-40-32-28-24-20-16-14-18-22-26-30-37-43-50-63(6)9-2/h62-67,72H,8-61H2,1-7H3,(H,77,78)(H,79,80)/t63?,64?,65-,66+,67+/m0/s1. The fraction of sp³-hybridized carbons (Fsp3) is 0.944. The average molecular weight is 1330 g/mol. The van der Waals surface area contributed by atoms with Gasteiger partial charge in [0, 0.05) is 25.7 Å². The number of hydrogen-bond acceptors (Lipinski definition) is 15. The van der Waals surface area contributed by atoms with Gasteiger partial charge in [0.1, 0.15) is 19.3 Å². The number of aliphatic hydroxyl groups is 1. The monoisotopic (exact) mass is 1320 g/mol. The molecule has 0 rings (SSSR count). The van der Waals surface area contributed by atoms with E-state index in [2.05, 4.69) is 48.5 Å². The van der Waals surface area contributed by atoms with Crippen molar-refractivity contribution in [2.75, 3.05) is 39.6 Å². The molecule has 0 spiro atoms. The van der Waals surface area contributed by atoms with Crippen molar-refractivity contribution in [3.8, 4) is 0 Å². The van der Waals surface area contributed by atoms with Crippen molar-refractivity contribution >= 4 is 39.5 Å². The molecule has 0 aromatic carbocycles. The van der Waals surface area contributed by atoms with Gasteiger partial charge in [-0.1, -0.05) is 305 Å². The fourth-order valence-corrected chi connectivity index (χ4v) is 12.2. The Kier molecular flexibility index (Phi) is 60.6. The maximum absolute atomic E-state index is 13.0. The summed E-state index contributed by atoms with van der Waals surface area (Å²) in [6, 6.07) is 0. The van der Waals surface area contributed by atoms with Gasteiger partial charge in [-0.2, -0.15) is 0 Å². The third-order valence-electron chi connectivity index (χ3n) is 17.1. The lowest BCUT2D eigenvalue weighted by molar-refractivity contribution is -0.161. The van der Waals surface area contributed by atoms with E-state index in [1.165, 1.54) is 161 Å². The number of phosphoric ester groups is 2. The Balaban J connectivity index is 5.16. The van der Waals surface area contributed by atoms with Crippen LogP contribution in [0.1, 0.15) is 357 Å². The number of rotatable bonds is 69. The topological polar surface area (TPSA) is 237 Å². The average Bonchev–Trinajstić information content (AvgIpc) is 3.71. The second-order valence-electron chi connectivity index (χ2n) is 26.6. The summed E-state index contributed by atoms with van der Waals surface area (Å²) in [6.45, 7) is 11.8. The summed E-state index contributed by atoms with van der Waals surface area (Å²) in [7, 11) is -9.89. The molecule has 7 atom stereocenters. The van der Waals surface area contributed by atoms with Gasteiger partial charge in [-0.3, -0.25) is 37.3 Å². The van der Waals surface area contributed by atoms with Crippen LogP contribution < -0.4 is 0 Å². The number of esters is 4. The van der Waals surface area contributed by atoms with E-state index in [0.29, 0.717) is 25.7 Å². The summed E-state index contributed by atoms with van der Waals surface area (Å²) in [5, 5.41) is 10.6. The van der Waals surface area contributed by atoms with Gasteiger partial charge >= 0.3 is 39.5 Å². The summed E-state index contributed by atoms with van der Waals surface area (Å²) in [5.41, 5.74) is 0. The number of carbonyl (C=O) groups excluding carboxylic acids is 4. The van der Waals surface area contributed by atoms with E-state index in [0.717, 1.165) is 114 Å². The summed E-state index contributed by atoms with van der Waals surface area (Å²) < 4.78 is 68.1. The molecule has 90 heavy (non-hydrogen) atoms. The molecular weight excluding hydrogens is 1190 g/mol. The Morgan fingerprint density at radius 3 is 0.844 bits per heavy atom. The van der Waals surface area contributed by atoms with Gasteiger partial charge in [-0.25, -0.2) is 9.13 Å². The minimum absolute atomic E-state index is 0.102. The van der Waals surface area contributed by atoms with Crippen molar-refractivity contribution in [1.82, 2.24) is 0 Å². The molecule has 0 aliphatic rings. The molecule has 0 saturated heterocycles. The van der Waals surface area contributed by atoms with E-state index < -0.39 is 97.5 Å². The lowest BCUT2D eigenvalue weighted by Gasteiger charge is -2.21. The molecular formula is C71H138O17P2. The molecule has 0 aliphatic carbocycles. The first-order chi connectivity index (χ1) is 43.3. The number of unbranched alkanes of at least 4 members (excludes halogenated alkanes) is 35. The zero-order chi connectivity index (χ0) is 66.6. The zero-order valence-electron chi connectivity index (χ0n) is 58.6. The first-order valence-electron chi connectivity index (χ1n) is 36.9. The van der Waals surface area contributed by atoms with Crippen molar-refractivity contribution in [1.29, 1.82) is 0 Å². The summed E-state index contributed by atoms with van der Waals surface area (Å²) in [4.78, 5) is 72.3. The van der Waals surface area contributed by atoms with Gasteiger partial charge in [0.25, 0.3) is 0 Å². The van der Waals surface area contributed by atoms with Crippen LogP contribution in [0.2, 0.25) is 0 Å². The molecule has 0 radical (unpaired) electrons. The maximum atomic E-state index is 13.0. The third-order valence-corrected chi connectivity index (χ3v) is 19.0. The van der Waals surface area contributed by atoms with Crippen molar-refractivity contribution in [2.24, 2.45) is 17.8 Å². The lowest BCUT2D eigenvalue weighted by atomic mass is 9.99. The second kappa shape index (κ2) is 61.9. The Morgan fingerprint density at radius 1 is 0.322 bits per heavy atom. The minimum atomic E-state index is -4.95. The van der Waals surface area contributed by atoms with Gasteiger partial charge in [-0.15, -0.1) is 0 Å². The van der Waals surface area contributed by atoms with E-state index in [1.54, 1.807) is 0 Å². The van der Waals surface area contributed by atoms with Crippen LogP contribution in [0, 0.1) is 17.8 Å². The fourth-order valence-electron chi connectivity index (χ4n) is 10.7. The largest absolute Gasteiger partial charge is 0.472 e. The molecule has 3 N–H and O–H groups in total. The molecule has 0 fully saturated rings. The molecule has 0 aliphatic heterocycles. The van der Waals surface area contributed by atoms with Crippen molar-refractivity contribution in [2.45, 2.75) is 375 Å². The van der Waals surface area contributed by atoms with Crippen LogP contribution in [0.15, 0.2) is 0 Å². The highest BCUT2D eigenvalue weighted by Crippen LogP contribution is 2.45. The van der Waals surface area contributed by atoms with Crippen LogP contribution in [0.4, 0.5) is 0 Å². The Labute approximate surface area is 549 Å². The van der Waals surface area contributed by atoms with Gasteiger partial charge < -0.3 is 33.8 Å². The predicted octanol–water partition coefficient (Wildman–Crippen LogP) is 20.2. The van der Waals surface area contributed by atoms with Gasteiger partial charge in [0.15, 0.2) is 12.2 Å². The molecule has 0 saturated carbocycles. The second-order valence-corrected chi connectivity index (χ2v) is 29.5. The van der Waals surface area contributed by atoms with Crippen LogP contribution in [-0.4, -0.2) is 96.7 Å². The molecule has 19 heteroatoms. The molecule has 0 aromatic rings. The summed E-state index contributed by atoms with van der Waals surface area (Å²) in [6.07, 6.45) is 46.2. The SMILES string of the molecule is CCCCCCCC(=O)OC[C@H](COP(=O)(O)OC[C@H](O)COP(=O)(O)OC[C@@H](COC(=O)CCCCCCCCCCCCCCCCC(C)C)OC(=O)CCCCCCCCCCCCCCCCC(C)CC)OC(=O)CCCCCCCCC(C)CC. The molecule has 17 nitrogen and oxygen atoms in total. The van der Waals surface area contributed by atoms with Gasteiger partial charge in [0.05, 0.1) is 26.4 Å². The van der Waals surface area contributed by atoms with Gasteiger partial charge in [0.2, 0.25) is 0 Å². The highest BCUT2D eigenvalue weighted by molar-refractivity contribution is 7.47. The quantitative estimate of drug-likeness (QED) is 0.0222. The Morgan fingerprint density at radius 2 is 0.567 bits per heavy atom. The Hall–Kier alpha value is -1.94. The number of ether oxygens (including phenoxy) is 4. The highest BCUT2D eigenvalue weighted by atomic mass is 31.2. The first kappa shape index (κ1) is 88.1. The molecule has 0 aromatic heterocycles. The normalized spacial score (nSPS) is 14.8.